The van der Waals surface area contributed by atoms with E-state index in [1.807, 2.05) is 7.05 Å². The third-order valence-corrected chi connectivity index (χ3v) is 3.45. The highest BCUT2D eigenvalue weighted by atomic mass is 35.5. The van der Waals surface area contributed by atoms with Crippen molar-refractivity contribution in [3.8, 4) is 0 Å². The third-order valence-electron chi connectivity index (χ3n) is 3.25. The molecular formula is C12H17ClN4O. The second-order valence-corrected chi connectivity index (χ2v) is 4.86. The smallest absolute Gasteiger partial charge is 0.274 e. The molecule has 0 aliphatic carbocycles. The number of aromatic nitrogens is 2. The van der Waals surface area contributed by atoms with Gasteiger partial charge < -0.3 is 10.2 Å². The van der Waals surface area contributed by atoms with Crippen molar-refractivity contribution < 1.29 is 4.79 Å². The van der Waals surface area contributed by atoms with Crippen molar-refractivity contribution in [3.63, 3.8) is 0 Å². The van der Waals surface area contributed by atoms with Crippen LogP contribution < -0.4 is 5.32 Å². The molecule has 1 atom stereocenters. The first-order chi connectivity index (χ1) is 8.68. The number of carbonyl (C=O) groups excluding carboxylic acids is 1. The van der Waals surface area contributed by atoms with E-state index in [1.54, 1.807) is 4.90 Å². The first-order valence-electron chi connectivity index (χ1n) is 6.14. The molecule has 1 fully saturated rings. The molecule has 1 aliphatic heterocycles. The fourth-order valence-electron chi connectivity index (χ4n) is 2.16. The highest BCUT2D eigenvalue weighted by Crippen LogP contribution is 2.14. The van der Waals surface area contributed by atoms with Gasteiger partial charge in [-0.25, -0.2) is 9.97 Å². The highest BCUT2D eigenvalue weighted by molar-refractivity contribution is 6.29. The Balaban J connectivity index is 2.05. The molecule has 1 aromatic rings. The maximum atomic E-state index is 12.2. The number of nitrogens with zero attached hydrogens (tertiary/aromatic N) is 3. The molecule has 2 rings (SSSR count). The van der Waals surface area contributed by atoms with E-state index >= 15 is 0 Å². The zero-order valence-corrected chi connectivity index (χ0v) is 11.2. The Bertz CT molecular complexity index is 401. The summed E-state index contributed by atoms with van der Waals surface area (Å²) in [5, 5.41) is 3.63. The van der Waals surface area contributed by atoms with E-state index in [1.165, 1.54) is 12.4 Å². The van der Waals surface area contributed by atoms with Crippen LogP contribution in [0.1, 0.15) is 29.8 Å². The van der Waals surface area contributed by atoms with Gasteiger partial charge in [0.15, 0.2) is 0 Å². The van der Waals surface area contributed by atoms with Gasteiger partial charge in [-0.1, -0.05) is 11.6 Å². The molecule has 1 amide bonds. The van der Waals surface area contributed by atoms with Crippen LogP contribution >= 0.6 is 11.6 Å². The molecule has 1 saturated heterocycles. The molecule has 5 nitrogen and oxygen atoms in total. The number of rotatable bonds is 2. The summed E-state index contributed by atoms with van der Waals surface area (Å²) in [4.78, 5) is 21.9. The predicted octanol–water partition coefficient (Wildman–Crippen LogP) is 1.34. The van der Waals surface area contributed by atoms with Crippen molar-refractivity contribution in [2.45, 2.75) is 25.3 Å². The molecule has 1 aromatic heterocycles. The molecule has 1 N–H and O–H groups in total. The lowest BCUT2D eigenvalue weighted by Gasteiger charge is -2.26. The van der Waals surface area contributed by atoms with Crippen LogP contribution in [-0.4, -0.2) is 47.0 Å². The van der Waals surface area contributed by atoms with Crippen molar-refractivity contribution in [2.24, 2.45) is 0 Å². The fraction of sp³-hybridized carbons (Fsp3) is 0.583. The van der Waals surface area contributed by atoms with Gasteiger partial charge in [0.05, 0.1) is 12.4 Å². The quantitative estimate of drug-likeness (QED) is 0.880. The predicted molar refractivity (Wildman–Crippen MR) is 69.6 cm³/mol. The topological polar surface area (TPSA) is 58.1 Å². The van der Waals surface area contributed by atoms with Gasteiger partial charge in [-0.05, 0) is 32.4 Å². The van der Waals surface area contributed by atoms with Crippen LogP contribution in [0, 0.1) is 0 Å². The Morgan fingerprint density at radius 2 is 2.22 bits per heavy atom. The number of hydrogen-bond donors (Lipinski definition) is 1. The normalized spacial score (nSPS) is 20.2. The van der Waals surface area contributed by atoms with E-state index in [4.69, 9.17) is 11.6 Å². The van der Waals surface area contributed by atoms with E-state index in [0.717, 1.165) is 32.4 Å². The summed E-state index contributed by atoms with van der Waals surface area (Å²) >= 11 is 5.66. The lowest BCUT2D eigenvalue weighted by molar-refractivity contribution is 0.0714. The first kappa shape index (κ1) is 13.2. The van der Waals surface area contributed by atoms with Crippen LogP contribution in [-0.2, 0) is 0 Å². The van der Waals surface area contributed by atoms with Crippen molar-refractivity contribution in [3.05, 3.63) is 23.2 Å². The van der Waals surface area contributed by atoms with Gasteiger partial charge in [0.25, 0.3) is 5.91 Å². The van der Waals surface area contributed by atoms with Crippen LogP contribution in [0.4, 0.5) is 0 Å². The molecule has 18 heavy (non-hydrogen) atoms. The Hall–Kier alpha value is -1.20. The molecule has 6 heteroatoms. The van der Waals surface area contributed by atoms with Crippen LogP contribution in [0.2, 0.25) is 5.15 Å². The lowest BCUT2D eigenvalue weighted by atomic mass is 10.1. The minimum absolute atomic E-state index is 0.0916. The van der Waals surface area contributed by atoms with Crippen molar-refractivity contribution >= 4 is 17.5 Å². The average molecular weight is 269 g/mol. The minimum Gasteiger partial charge on any atom is -0.337 e. The highest BCUT2D eigenvalue weighted by Gasteiger charge is 2.22. The van der Waals surface area contributed by atoms with Crippen LogP contribution in [0.15, 0.2) is 12.4 Å². The molecule has 98 valence electrons. The van der Waals surface area contributed by atoms with E-state index < -0.39 is 0 Å². The largest absolute Gasteiger partial charge is 0.337 e. The van der Waals surface area contributed by atoms with Gasteiger partial charge in [0, 0.05) is 13.1 Å². The van der Waals surface area contributed by atoms with Crippen molar-refractivity contribution in [2.75, 3.05) is 20.1 Å². The summed E-state index contributed by atoms with van der Waals surface area (Å²) in [5.74, 6) is -0.0916. The number of nitrogens with one attached hydrogen (secondary N) is 1. The molecule has 2 heterocycles. The standard InChI is InChI=1S/C12H17ClN4O/c1-17(9-3-2-5-14-6-4-9)12(18)10-7-16-11(13)8-15-10/h7-9,14H,2-6H2,1H3. The zero-order chi connectivity index (χ0) is 13.0. The molecule has 0 spiro atoms. The number of halogens is 1. The van der Waals surface area contributed by atoms with Gasteiger partial charge in [0.1, 0.15) is 10.8 Å². The molecular weight excluding hydrogens is 252 g/mol. The first-order valence-corrected chi connectivity index (χ1v) is 6.51. The zero-order valence-electron chi connectivity index (χ0n) is 10.4. The summed E-state index contributed by atoms with van der Waals surface area (Å²) in [6.07, 6.45) is 5.92. The van der Waals surface area contributed by atoms with E-state index in [2.05, 4.69) is 15.3 Å². The Morgan fingerprint density at radius 3 is 2.94 bits per heavy atom. The Kier molecular flexibility index (Phi) is 4.49. The molecule has 0 saturated carbocycles. The van der Waals surface area contributed by atoms with E-state index in [0.29, 0.717) is 10.8 Å². The maximum absolute atomic E-state index is 12.2. The molecule has 0 radical (unpaired) electrons. The molecule has 1 aliphatic rings. The van der Waals surface area contributed by atoms with Crippen molar-refractivity contribution in [1.29, 1.82) is 0 Å². The third kappa shape index (κ3) is 3.17. The van der Waals surface area contributed by atoms with E-state index in [-0.39, 0.29) is 11.9 Å². The summed E-state index contributed by atoms with van der Waals surface area (Å²) in [6.45, 7) is 1.98. The van der Waals surface area contributed by atoms with Gasteiger partial charge >= 0.3 is 0 Å². The van der Waals surface area contributed by atoms with Crippen LogP contribution in [0.3, 0.4) is 0 Å². The number of amides is 1. The summed E-state index contributed by atoms with van der Waals surface area (Å²) in [6, 6.07) is 0.268. The minimum atomic E-state index is -0.0916. The molecule has 0 bridgehead atoms. The summed E-state index contributed by atoms with van der Waals surface area (Å²) in [5.41, 5.74) is 0.346. The monoisotopic (exact) mass is 268 g/mol. The molecule has 0 aromatic carbocycles. The second-order valence-electron chi connectivity index (χ2n) is 4.48. The lowest BCUT2D eigenvalue weighted by Crippen LogP contribution is -2.38. The Labute approximate surface area is 112 Å². The van der Waals surface area contributed by atoms with Crippen molar-refractivity contribution in [1.82, 2.24) is 20.2 Å². The average Bonchev–Trinajstić information content (AvgIpc) is 2.67. The van der Waals surface area contributed by atoms with Gasteiger partial charge in [-0.3, -0.25) is 4.79 Å². The summed E-state index contributed by atoms with van der Waals surface area (Å²) < 4.78 is 0. The number of hydrogen-bond acceptors (Lipinski definition) is 4. The van der Waals surface area contributed by atoms with Gasteiger partial charge in [-0.15, -0.1) is 0 Å². The van der Waals surface area contributed by atoms with Gasteiger partial charge in [0.2, 0.25) is 0 Å². The maximum Gasteiger partial charge on any atom is 0.274 e. The van der Waals surface area contributed by atoms with Crippen LogP contribution in [0.25, 0.3) is 0 Å². The SMILES string of the molecule is CN(C(=O)c1cnc(Cl)cn1)C1CCCNCC1. The second kappa shape index (κ2) is 6.11. The van der Waals surface area contributed by atoms with Gasteiger partial charge in [-0.2, -0.15) is 0 Å². The van der Waals surface area contributed by atoms with Crippen LogP contribution in [0.5, 0.6) is 0 Å². The van der Waals surface area contributed by atoms with E-state index in [9.17, 15) is 4.79 Å². The Morgan fingerprint density at radius 1 is 1.39 bits per heavy atom. The summed E-state index contributed by atoms with van der Waals surface area (Å²) in [7, 11) is 1.83. The fourth-order valence-corrected chi connectivity index (χ4v) is 2.25. The number of carbonyl (C=O) groups is 1. The molecule has 1 unspecified atom stereocenters.